The second-order valence-electron chi connectivity index (χ2n) is 6.52. The normalized spacial score (nSPS) is 25.6. The number of nitrogens with zero attached hydrogens (tertiary/aromatic N) is 1. The standard InChI is InChI=1S/C15H23FN2/c1-14(2,17)10-18-9-8-15(3,11-18)12-4-6-13(16)7-5-12/h4-7H,8-11,17H2,1-3H3. The summed E-state index contributed by atoms with van der Waals surface area (Å²) in [5.74, 6) is -0.166. The molecule has 0 saturated carbocycles. The molecule has 0 bridgehead atoms. The van der Waals surface area contributed by atoms with Crippen molar-refractivity contribution in [2.24, 2.45) is 5.73 Å². The van der Waals surface area contributed by atoms with Crippen molar-refractivity contribution >= 4 is 0 Å². The Bertz CT molecular complexity index is 407. The summed E-state index contributed by atoms with van der Waals surface area (Å²) in [6.45, 7) is 9.34. The fourth-order valence-corrected chi connectivity index (χ4v) is 2.86. The average Bonchev–Trinajstić information content (AvgIpc) is 2.59. The van der Waals surface area contributed by atoms with Crippen molar-refractivity contribution in [1.29, 1.82) is 0 Å². The second kappa shape index (κ2) is 4.63. The van der Waals surface area contributed by atoms with Gasteiger partial charge in [-0.1, -0.05) is 19.1 Å². The van der Waals surface area contributed by atoms with E-state index in [1.54, 1.807) is 12.1 Å². The molecule has 3 heteroatoms. The molecular weight excluding hydrogens is 227 g/mol. The molecule has 100 valence electrons. The molecular formula is C15H23FN2. The van der Waals surface area contributed by atoms with Gasteiger partial charge in [0.25, 0.3) is 0 Å². The molecule has 0 spiro atoms. The molecule has 1 fully saturated rings. The molecule has 0 radical (unpaired) electrons. The summed E-state index contributed by atoms with van der Waals surface area (Å²) in [4.78, 5) is 2.41. The summed E-state index contributed by atoms with van der Waals surface area (Å²) in [6, 6.07) is 6.92. The highest BCUT2D eigenvalue weighted by atomic mass is 19.1. The van der Waals surface area contributed by atoms with Crippen LogP contribution in [0.1, 0.15) is 32.8 Å². The molecule has 1 aliphatic heterocycles. The molecule has 1 unspecified atom stereocenters. The zero-order valence-electron chi connectivity index (χ0n) is 11.5. The highest BCUT2D eigenvalue weighted by Gasteiger charge is 2.36. The van der Waals surface area contributed by atoms with Gasteiger partial charge in [0.05, 0.1) is 0 Å². The fourth-order valence-electron chi connectivity index (χ4n) is 2.86. The summed E-state index contributed by atoms with van der Waals surface area (Å²) in [6.07, 6.45) is 1.11. The minimum Gasteiger partial charge on any atom is -0.324 e. The number of likely N-dealkylation sites (tertiary alicyclic amines) is 1. The SMILES string of the molecule is CC(C)(N)CN1CCC(C)(c2ccc(F)cc2)C1. The first-order valence-electron chi connectivity index (χ1n) is 6.56. The van der Waals surface area contributed by atoms with Crippen molar-refractivity contribution in [1.82, 2.24) is 4.90 Å². The van der Waals surface area contributed by atoms with Gasteiger partial charge in [0.15, 0.2) is 0 Å². The minimum absolute atomic E-state index is 0.124. The molecule has 2 N–H and O–H groups in total. The number of hydrogen-bond acceptors (Lipinski definition) is 2. The van der Waals surface area contributed by atoms with Gasteiger partial charge in [-0.25, -0.2) is 4.39 Å². The second-order valence-corrected chi connectivity index (χ2v) is 6.52. The predicted molar refractivity (Wildman–Crippen MR) is 73.1 cm³/mol. The Morgan fingerprint density at radius 2 is 1.94 bits per heavy atom. The number of benzene rings is 1. The molecule has 1 heterocycles. The molecule has 1 aliphatic rings. The van der Waals surface area contributed by atoms with Gasteiger partial charge in [0, 0.05) is 24.0 Å². The highest BCUT2D eigenvalue weighted by molar-refractivity contribution is 5.27. The summed E-state index contributed by atoms with van der Waals surface area (Å²) in [5.41, 5.74) is 7.26. The summed E-state index contributed by atoms with van der Waals surface area (Å²) in [5, 5.41) is 0. The van der Waals surface area contributed by atoms with Crippen molar-refractivity contribution in [3.05, 3.63) is 35.6 Å². The van der Waals surface area contributed by atoms with E-state index in [1.165, 1.54) is 5.56 Å². The summed E-state index contributed by atoms with van der Waals surface area (Å²) < 4.78 is 13.0. The molecule has 1 aromatic carbocycles. The monoisotopic (exact) mass is 250 g/mol. The van der Waals surface area contributed by atoms with E-state index in [-0.39, 0.29) is 16.8 Å². The van der Waals surface area contributed by atoms with Crippen molar-refractivity contribution in [3.63, 3.8) is 0 Å². The van der Waals surface area contributed by atoms with Crippen molar-refractivity contribution in [3.8, 4) is 0 Å². The first-order valence-corrected chi connectivity index (χ1v) is 6.56. The first kappa shape index (κ1) is 13.5. The molecule has 2 rings (SSSR count). The van der Waals surface area contributed by atoms with Crippen molar-refractivity contribution in [2.75, 3.05) is 19.6 Å². The Morgan fingerprint density at radius 1 is 1.33 bits per heavy atom. The van der Waals surface area contributed by atoms with E-state index in [9.17, 15) is 4.39 Å². The smallest absolute Gasteiger partial charge is 0.123 e. The number of nitrogens with two attached hydrogens (primary N) is 1. The molecule has 1 saturated heterocycles. The lowest BCUT2D eigenvalue weighted by Gasteiger charge is -2.29. The zero-order valence-corrected chi connectivity index (χ0v) is 11.5. The summed E-state index contributed by atoms with van der Waals surface area (Å²) in [7, 11) is 0. The van der Waals surface area contributed by atoms with Crippen LogP contribution in [0.4, 0.5) is 4.39 Å². The quantitative estimate of drug-likeness (QED) is 0.893. The zero-order chi connectivity index (χ0) is 13.4. The van der Waals surface area contributed by atoms with E-state index >= 15 is 0 Å². The Balaban J connectivity index is 2.08. The van der Waals surface area contributed by atoms with Gasteiger partial charge in [-0.2, -0.15) is 0 Å². The molecule has 0 aromatic heterocycles. The van der Waals surface area contributed by atoms with Crippen LogP contribution in [0.25, 0.3) is 0 Å². The van der Waals surface area contributed by atoms with E-state index in [1.807, 2.05) is 12.1 Å². The van der Waals surface area contributed by atoms with Gasteiger partial charge in [0.1, 0.15) is 5.82 Å². The van der Waals surface area contributed by atoms with Gasteiger partial charge >= 0.3 is 0 Å². The third-order valence-corrected chi connectivity index (χ3v) is 3.72. The van der Waals surface area contributed by atoms with E-state index in [4.69, 9.17) is 5.73 Å². The van der Waals surface area contributed by atoms with Crippen LogP contribution in [0.2, 0.25) is 0 Å². The Morgan fingerprint density at radius 3 is 2.50 bits per heavy atom. The molecule has 1 aromatic rings. The van der Waals surface area contributed by atoms with E-state index in [2.05, 4.69) is 25.7 Å². The highest BCUT2D eigenvalue weighted by Crippen LogP contribution is 2.34. The summed E-state index contributed by atoms with van der Waals surface area (Å²) >= 11 is 0. The lowest BCUT2D eigenvalue weighted by atomic mass is 9.82. The van der Waals surface area contributed by atoms with Crippen LogP contribution in [0, 0.1) is 5.82 Å². The van der Waals surface area contributed by atoms with Crippen LogP contribution in [-0.2, 0) is 5.41 Å². The third-order valence-electron chi connectivity index (χ3n) is 3.72. The largest absolute Gasteiger partial charge is 0.324 e. The van der Waals surface area contributed by atoms with Gasteiger partial charge in [-0.15, -0.1) is 0 Å². The Labute approximate surface area is 109 Å². The van der Waals surface area contributed by atoms with Gasteiger partial charge in [-0.05, 0) is 44.5 Å². The van der Waals surface area contributed by atoms with E-state index in [0.29, 0.717) is 0 Å². The van der Waals surface area contributed by atoms with E-state index in [0.717, 1.165) is 26.1 Å². The number of hydrogen-bond donors (Lipinski definition) is 1. The maximum absolute atomic E-state index is 13.0. The van der Waals surface area contributed by atoms with Gasteiger partial charge in [-0.3, -0.25) is 0 Å². The van der Waals surface area contributed by atoms with Crippen LogP contribution >= 0.6 is 0 Å². The number of halogens is 1. The van der Waals surface area contributed by atoms with Gasteiger partial charge < -0.3 is 10.6 Å². The Hall–Kier alpha value is -0.930. The average molecular weight is 250 g/mol. The Kier molecular flexibility index (Phi) is 3.47. The topological polar surface area (TPSA) is 29.3 Å². The maximum Gasteiger partial charge on any atom is 0.123 e. The lowest BCUT2D eigenvalue weighted by molar-refractivity contribution is 0.258. The molecule has 0 amide bonds. The molecule has 0 aliphatic carbocycles. The van der Waals surface area contributed by atoms with Crippen LogP contribution < -0.4 is 5.73 Å². The van der Waals surface area contributed by atoms with Crippen molar-refractivity contribution < 1.29 is 4.39 Å². The van der Waals surface area contributed by atoms with Crippen LogP contribution in [0.5, 0.6) is 0 Å². The number of rotatable bonds is 3. The van der Waals surface area contributed by atoms with E-state index < -0.39 is 0 Å². The molecule has 18 heavy (non-hydrogen) atoms. The molecule has 2 nitrogen and oxygen atoms in total. The minimum atomic E-state index is -0.166. The van der Waals surface area contributed by atoms with Crippen LogP contribution in [-0.4, -0.2) is 30.1 Å². The predicted octanol–water partition coefficient (Wildman–Crippen LogP) is 2.53. The third kappa shape index (κ3) is 3.09. The van der Waals surface area contributed by atoms with Crippen LogP contribution in [0.3, 0.4) is 0 Å². The molecule has 1 atom stereocenters. The van der Waals surface area contributed by atoms with Gasteiger partial charge in [0.2, 0.25) is 0 Å². The maximum atomic E-state index is 13.0. The first-order chi connectivity index (χ1) is 8.28. The lowest BCUT2D eigenvalue weighted by Crippen LogP contribution is -2.45. The van der Waals surface area contributed by atoms with Crippen LogP contribution in [0.15, 0.2) is 24.3 Å². The fraction of sp³-hybridized carbons (Fsp3) is 0.600. The van der Waals surface area contributed by atoms with Crippen molar-refractivity contribution in [2.45, 2.75) is 38.1 Å².